The van der Waals surface area contributed by atoms with Crippen molar-refractivity contribution in [3.05, 3.63) is 0 Å². The first-order valence-corrected chi connectivity index (χ1v) is 0. The van der Waals surface area contributed by atoms with Gasteiger partial charge in [-0.2, -0.15) is 9.90 Å². The second-order valence-corrected chi connectivity index (χ2v) is 0. The van der Waals surface area contributed by atoms with Gasteiger partial charge in [0.05, 0.1) is 0 Å². The summed E-state index contributed by atoms with van der Waals surface area (Å²) in [7, 11) is 0. The second-order valence-electron chi connectivity index (χ2n) is 0. The fourth-order valence-corrected chi connectivity index (χ4v) is 0. The van der Waals surface area contributed by atoms with Gasteiger partial charge in [0.25, 0.3) is 0 Å². The molecule has 0 radical (unpaired) electrons. The number of halogens is 5. The van der Waals surface area contributed by atoms with Crippen molar-refractivity contribution in [2.75, 3.05) is 0 Å². The number of hydrogen-bond donors (Lipinski definition) is 0. The standard InChI is InChI=1S/5ClH.H3P.Ra/h5*1H;1H3;/q;;;;;;+2/p-2. The van der Waals surface area contributed by atoms with Crippen molar-refractivity contribution in [3.63, 3.8) is 0 Å². The molecule has 48 valence electrons. The van der Waals surface area contributed by atoms with E-state index in [1.165, 1.54) is 0 Å². The molecule has 0 aromatic carbocycles. The predicted octanol–water partition coefficient (Wildman–Crippen LogP) is -4.67. The molecule has 0 aliphatic rings. The van der Waals surface area contributed by atoms with Gasteiger partial charge in [-0.25, -0.2) is 0 Å². The maximum Gasteiger partial charge on any atom is 2.00 e. The largest absolute Gasteiger partial charge is 2.00 e. The minimum absolute atomic E-state index is 0. The topological polar surface area (TPSA) is 0 Å². The molecule has 0 nitrogen and oxygen atoms in total. The number of hydrogen-bond acceptors (Lipinski definition) is 0. The van der Waals surface area contributed by atoms with Crippen molar-refractivity contribution in [2.24, 2.45) is 0 Å². The van der Waals surface area contributed by atoms with Crippen molar-refractivity contribution in [3.8, 4) is 0 Å². The third-order valence-electron chi connectivity index (χ3n) is 0. The molecule has 1 unspecified atom stereocenters. The molecular formula is H6Cl5PRa. The summed E-state index contributed by atoms with van der Waals surface area (Å²) in [6, 6.07) is 0. The van der Waals surface area contributed by atoms with Crippen molar-refractivity contribution >= 4 is 47.1 Å². The van der Waals surface area contributed by atoms with E-state index in [0.29, 0.717) is 0 Å². The molecule has 0 aromatic heterocycles. The molecule has 0 bridgehead atoms. The zero-order valence-electron chi connectivity index (χ0n) is 3.39. The Morgan fingerprint density at radius 2 is 0.571 bits per heavy atom. The van der Waals surface area contributed by atoms with Gasteiger partial charge in [0.2, 0.25) is 0 Å². The van der Waals surface area contributed by atoms with Gasteiger partial charge < -0.3 is 24.8 Å². The van der Waals surface area contributed by atoms with E-state index in [0.717, 1.165) is 0 Å². The first-order chi connectivity index (χ1) is 0. The van der Waals surface area contributed by atoms with E-state index < -0.39 is 0 Å². The summed E-state index contributed by atoms with van der Waals surface area (Å²) in [5, 5.41) is 0. The molecule has 0 aliphatic heterocycles. The first kappa shape index (κ1) is 80.7. The van der Waals surface area contributed by atoms with E-state index in [4.69, 9.17) is 0 Å². The van der Waals surface area contributed by atoms with Crippen LogP contribution in [0.25, 0.3) is 0 Å². The Labute approximate surface area is 115 Å². The van der Waals surface area contributed by atoms with Gasteiger partial charge in [0.1, 0.15) is 0 Å². The summed E-state index contributed by atoms with van der Waals surface area (Å²) in [6.07, 6.45) is 0. The maximum atomic E-state index is 0. The summed E-state index contributed by atoms with van der Waals surface area (Å²) >= 11 is 0. The predicted molar refractivity (Wildman–Crippen MR) is 32.8 cm³/mol. The molecule has 0 fully saturated rings. The van der Waals surface area contributed by atoms with Crippen LogP contribution < -0.4 is 24.8 Å². The van der Waals surface area contributed by atoms with Gasteiger partial charge in [-0.05, 0) is 0 Å². The molecule has 0 spiro atoms. The van der Waals surface area contributed by atoms with Gasteiger partial charge in [-0.3, -0.25) is 0 Å². The van der Waals surface area contributed by atoms with Gasteiger partial charge in [0, 0.05) is 0 Å². The normalized spacial score (nSPS) is 0. The molecule has 0 rings (SSSR count). The van der Waals surface area contributed by atoms with Crippen LogP contribution in [0.15, 0.2) is 0 Å². The van der Waals surface area contributed by atoms with E-state index in [1.807, 2.05) is 0 Å². The zero-order valence-corrected chi connectivity index (χ0v) is 14.6. The maximum absolute atomic E-state index is 0. The summed E-state index contributed by atoms with van der Waals surface area (Å²) in [5.41, 5.74) is 0. The fraction of sp³-hybridized carbons (Fsp3) is 0. The first-order valence-electron chi connectivity index (χ1n) is 0. The molecule has 7 heavy (non-hydrogen) atoms. The van der Waals surface area contributed by atoms with Crippen molar-refractivity contribution in [1.82, 2.24) is 0 Å². The fourth-order valence-electron chi connectivity index (χ4n) is 0. The van der Waals surface area contributed by atoms with Gasteiger partial charge in [-0.1, -0.05) is 0 Å². The third-order valence-corrected chi connectivity index (χ3v) is 0. The van der Waals surface area contributed by atoms with Crippen LogP contribution >= 0.6 is 47.1 Å². The van der Waals surface area contributed by atoms with Crippen LogP contribution in [0.1, 0.15) is 0 Å². The van der Waals surface area contributed by atoms with E-state index >= 15 is 0 Å². The SMILES string of the molecule is Cl.Cl.Cl.P.[Cl-].[Cl-].[Ra+2]. The summed E-state index contributed by atoms with van der Waals surface area (Å²) in [6.45, 7) is 0. The van der Waals surface area contributed by atoms with Crippen LogP contribution in [0.3, 0.4) is 0 Å². The third kappa shape index (κ3) is 45.0. The molecule has 0 aliphatic carbocycles. The van der Waals surface area contributed by atoms with Gasteiger partial charge in [-0.15, -0.1) is 37.2 Å². The Morgan fingerprint density at radius 1 is 0.571 bits per heavy atom. The van der Waals surface area contributed by atoms with Crippen LogP contribution in [0.5, 0.6) is 0 Å². The summed E-state index contributed by atoms with van der Waals surface area (Å²) in [5.74, 6) is 0. The summed E-state index contributed by atoms with van der Waals surface area (Å²) < 4.78 is 0. The molecule has 0 amide bonds. The van der Waals surface area contributed by atoms with Crippen molar-refractivity contribution in [2.45, 2.75) is 0 Å². The Kier molecular flexibility index (Phi) is 670. The van der Waals surface area contributed by atoms with Crippen LogP contribution in [0.4, 0.5) is 0 Å². The van der Waals surface area contributed by atoms with Crippen LogP contribution in [0, 0.1) is 45.0 Å². The van der Waals surface area contributed by atoms with E-state index in [9.17, 15) is 0 Å². The Hall–Kier alpha value is 3.35. The molecule has 0 saturated heterocycles. The van der Waals surface area contributed by atoms with Gasteiger partial charge >= 0.3 is 45.0 Å². The van der Waals surface area contributed by atoms with Crippen molar-refractivity contribution < 1.29 is 69.8 Å². The smallest absolute Gasteiger partial charge is 1.00 e. The van der Waals surface area contributed by atoms with E-state index in [2.05, 4.69) is 0 Å². The summed E-state index contributed by atoms with van der Waals surface area (Å²) in [4.78, 5) is 0. The quantitative estimate of drug-likeness (QED) is 0.333. The van der Waals surface area contributed by atoms with E-state index in [-0.39, 0.29) is 117 Å². The molecule has 0 N–H and O–H groups in total. The Morgan fingerprint density at radius 3 is 0.571 bits per heavy atom. The molecule has 7 heteroatoms. The zero-order chi connectivity index (χ0) is 0. The van der Waals surface area contributed by atoms with Crippen LogP contribution in [0.2, 0.25) is 0 Å². The van der Waals surface area contributed by atoms with Crippen LogP contribution in [-0.4, -0.2) is 0 Å². The van der Waals surface area contributed by atoms with Gasteiger partial charge in [0.15, 0.2) is 0 Å². The monoisotopic (exact) mass is 438 g/mol. The van der Waals surface area contributed by atoms with Crippen LogP contribution in [-0.2, 0) is 0 Å². The van der Waals surface area contributed by atoms with Crippen molar-refractivity contribution in [1.29, 1.82) is 0 Å². The van der Waals surface area contributed by atoms with E-state index in [1.54, 1.807) is 0 Å². The molecule has 1 atom stereocenters. The Balaban J connectivity index is 0. The molecule has 0 saturated carbocycles. The minimum Gasteiger partial charge on any atom is -1.00 e. The average Bonchev–Trinajstić information content (AvgIpc) is 0. The molecule has 0 aromatic rings. The second kappa shape index (κ2) is 58.1. The molecular weight excluding hydrogens is 434 g/mol. The number of rotatable bonds is 0. The Bertz CT molecular complexity index is 8.04. The molecule has 0 heterocycles. The minimum atomic E-state index is 0. The average molecular weight is 440 g/mol.